The third kappa shape index (κ3) is 3.14. The molecule has 0 radical (unpaired) electrons. The van der Waals surface area contributed by atoms with Gasteiger partial charge >= 0.3 is 0 Å². The smallest absolute Gasteiger partial charge is 0.251 e. The maximum atomic E-state index is 12.4. The van der Waals surface area contributed by atoms with Crippen LogP contribution in [0.1, 0.15) is 35.4 Å². The van der Waals surface area contributed by atoms with Crippen LogP contribution in [-0.2, 0) is 0 Å². The van der Waals surface area contributed by atoms with Crippen LogP contribution in [0.25, 0.3) is 0 Å². The van der Waals surface area contributed by atoms with Crippen LogP contribution in [0.3, 0.4) is 0 Å². The standard InChI is InChI=1S/C17H19N3O2S/c1-10-8-16(20-22-10)23-13-5-2-11(3-6-13)17(21)19-15-9-12-4-7-14(15)18-12/h2-3,5-6,8,12,14-15,18H,4,7,9H2,1H3,(H,19,21)/t12-,14+,15-/m1/s1. The molecule has 2 aliphatic rings. The van der Waals surface area contributed by atoms with Gasteiger partial charge in [-0.2, -0.15) is 0 Å². The SMILES string of the molecule is Cc1cc(Sc2ccc(C(=O)N[C@@H]3C[C@H]4CC[C@@H]3N4)cc2)no1. The predicted octanol–water partition coefficient (Wildman–Crippen LogP) is 2.76. The molecule has 1 aromatic heterocycles. The minimum absolute atomic E-state index is 0.0122. The third-order valence-corrected chi connectivity index (χ3v) is 5.47. The molecule has 6 heteroatoms. The maximum absolute atomic E-state index is 12.4. The summed E-state index contributed by atoms with van der Waals surface area (Å²) in [6.45, 7) is 1.87. The Balaban J connectivity index is 1.38. The first-order chi connectivity index (χ1) is 11.2. The van der Waals surface area contributed by atoms with E-state index in [0.29, 0.717) is 17.6 Å². The molecule has 0 aliphatic carbocycles. The number of amides is 1. The van der Waals surface area contributed by atoms with E-state index in [2.05, 4.69) is 15.8 Å². The van der Waals surface area contributed by atoms with Crippen LogP contribution in [0.5, 0.6) is 0 Å². The summed E-state index contributed by atoms with van der Waals surface area (Å²) in [5.74, 6) is 0.807. The number of fused-ring (bicyclic) bond motifs is 2. The Morgan fingerprint density at radius 1 is 1.35 bits per heavy atom. The zero-order valence-electron chi connectivity index (χ0n) is 12.9. The number of nitrogens with one attached hydrogen (secondary N) is 2. The van der Waals surface area contributed by atoms with Crippen LogP contribution in [0.15, 0.2) is 44.8 Å². The zero-order chi connectivity index (χ0) is 15.8. The van der Waals surface area contributed by atoms with Gasteiger partial charge in [0.25, 0.3) is 5.91 Å². The van der Waals surface area contributed by atoms with Gasteiger partial charge in [-0.15, -0.1) is 0 Å². The average molecular weight is 329 g/mol. The highest BCUT2D eigenvalue weighted by Gasteiger charge is 2.39. The van der Waals surface area contributed by atoms with E-state index in [1.165, 1.54) is 24.6 Å². The summed E-state index contributed by atoms with van der Waals surface area (Å²) in [5, 5.41) is 11.5. The van der Waals surface area contributed by atoms with E-state index in [-0.39, 0.29) is 11.9 Å². The quantitative estimate of drug-likeness (QED) is 0.903. The molecule has 1 aromatic carbocycles. The van der Waals surface area contributed by atoms with E-state index in [1.54, 1.807) is 0 Å². The van der Waals surface area contributed by atoms with E-state index in [1.807, 2.05) is 37.3 Å². The molecule has 2 bridgehead atoms. The van der Waals surface area contributed by atoms with Crippen molar-refractivity contribution in [1.29, 1.82) is 0 Å². The lowest BCUT2D eigenvalue weighted by molar-refractivity contribution is 0.0931. The molecule has 2 fully saturated rings. The summed E-state index contributed by atoms with van der Waals surface area (Å²) in [7, 11) is 0. The zero-order valence-corrected chi connectivity index (χ0v) is 13.7. The van der Waals surface area contributed by atoms with Crippen molar-refractivity contribution in [3.63, 3.8) is 0 Å². The maximum Gasteiger partial charge on any atom is 0.251 e. The first kappa shape index (κ1) is 14.8. The molecular formula is C17H19N3O2S. The topological polar surface area (TPSA) is 67.2 Å². The van der Waals surface area contributed by atoms with Gasteiger partial charge < -0.3 is 15.2 Å². The molecule has 23 heavy (non-hydrogen) atoms. The molecule has 2 aromatic rings. The molecule has 0 unspecified atom stereocenters. The van der Waals surface area contributed by atoms with Crippen molar-refractivity contribution in [3.8, 4) is 0 Å². The highest BCUT2D eigenvalue weighted by Crippen LogP contribution is 2.29. The Morgan fingerprint density at radius 2 is 2.17 bits per heavy atom. The highest BCUT2D eigenvalue weighted by atomic mass is 32.2. The number of carbonyl (C=O) groups is 1. The number of aromatic nitrogens is 1. The Bertz CT molecular complexity index is 713. The largest absolute Gasteiger partial charge is 0.361 e. The average Bonchev–Trinajstić information content (AvgIpc) is 3.25. The molecule has 3 atom stereocenters. The van der Waals surface area contributed by atoms with Gasteiger partial charge in [-0.05, 0) is 50.5 Å². The van der Waals surface area contributed by atoms with Gasteiger partial charge in [-0.3, -0.25) is 4.79 Å². The molecule has 0 spiro atoms. The van der Waals surface area contributed by atoms with E-state index in [9.17, 15) is 4.79 Å². The van der Waals surface area contributed by atoms with E-state index < -0.39 is 0 Å². The fraction of sp³-hybridized carbons (Fsp3) is 0.412. The summed E-state index contributed by atoms with van der Waals surface area (Å²) in [5.41, 5.74) is 0.702. The first-order valence-electron chi connectivity index (χ1n) is 7.95. The Labute approximate surface area is 139 Å². The molecule has 2 saturated heterocycles. The van der Waals surface area contributed by atoms with Crippen molar-refractivity contribution >= 4 is 17.7 Å². The highest BCUT2D eigenvalue weighted by molar-refractivity contribution is 7.99. The van der Waals surface area contributed by atoms with Crippen molar-refractivity contribution in [1.82, 2.24) is 15.8 Å². The van der Waals surface area contributed by atoms with Crippen molar-refractivity contribution in [2.75, 3.05) is 0 Å². The number of aryl methyl sites for hydroxylation is 1. The van der Waals surface area contributed by atoms with E-state index in [4.69, 9.17) is 4.52 Å². The molecule has 0 saturated carbocycles. The second-order valence-electron chi connectivity index (χ2n) is 6.27. The Kier molecular flexibility index (Phi) is 3.87. The number of rotatable bonds is 4. The molecule has 3 heterocycles. The van der Waals surface area contributed by atoms with Crippen molar-refractivity contribution in [2.45, 2.75) is 54.2 Å². The Hall–Kier alpha value is -1.79. The first-order valence-corrected chi connectivity index (χ1v) is 8.77. The molecule has 2 aliphatic heterocycles. The van der Waals surface area contributed by atoms with Crippen molar-refractivity contribution < 1.29 is 9.32 Å². The van der Waals surface area contributed by atoms with Gasteiger partial charge in [0.2, 0.25) is 0 Å². The monoisotopic (exact) mass is 329 g/mol. The number of hydrogen-bond acceptors (Lipinski definition) is 5. The van der Waals surface area contributed by atoms with Crippen molar-refractivity contribution in [3.05, 3.63) is 41.7 Å². The molecule has 1 amide bonds. The number of hydrogen-bond donors (Lipinski definition) is 2. The summed E-state index contributed by atoms with van der Waals surface area (Å²) < 4.78 is 5.06. The van der Waals surface area contributed by atoms with Crippen LogP contribution < -0.4 is 10.6 Å². The van der Waals surface area contributed by atoms with Crippen LogP contribution in [-0.4, -0.2) is 29.2 Å². The molecule has 2 N–H and O–H groups in total. The molecular weight excluding hydrogens is 310 g/mol. The van der Waals surface area contributed by atoms with E-state index in [0.717, 1.165) is 22.1 Å². The number of nitrogens with zero attached hydrogens (tertiary/aromatic N) is 1. The van der Waals surface area contributed by atoms with Gasteiger partial charge in [0, 0.05) is 34.7 Å². The second-order valence-corrected chi connectivity index (χ2v) is 7.36. The normalized spacial score (nSPS) is 25.7. The second kappa shape index (κ2) is 6.02. The van der Waals surface area contributed by atoms with Gasteiger partial charge in [0.1, 0.15) is 10.8 Å². The fourth-order valence-corrected chi connectivity index (χ4v) is 4.24. The lowest BCUT2D eigenvalue weighted by Crippen LogP contribution is -2.42. The van der Waals surface area contributed by atoms with Crippen LogP contribution in [0, 0.1) is 6.92 Å². The molecule has 5 nitrogen and oxygen atoms in total. The van der Waals surface area contributed by atoms with Crippen LogP contribution in [0.2, 0.25) is 0 Å². The van der Waals surface area contributed by atoms with Gasteiger partial charge in [-0.25, -0.2) is 0 Å². The lowest BCUT2D eigenvalue weighted by Gasteiger charge is -2.21. The van der Waals surface area contributed by atoms with E-state index >= 15 is 0 Å². The summed E-state index contributed by atoms with van der Waals surface area (Å²) in [4.78, 5) is 13.4. The molecule has 4 rings (SSSR count). The van der Waals surface area contributed by atoms with Gasteiger partial charge in [0.15, 0.2) is 0 Å². The Morgan fingerprint density at radius 3 is 2.78 bits per heavy atom. The lowest BCUT2D eigenvalue weighted by atomic mass is 9.95. The number of carbonyl (C=O) groups excluding carboxylic acids is 1. The van der Waals surface area contributed by atoms with Crippen LogP contribution in [0.4, 0.5) is 0 Å². The van der Waals surface area contributed by atoms with Gasteiger partial charge in [0.05, 0.1) is 0 Å². The summed E-state index contributed by atoms with van der Waals surface area (Å²) in [6, 6.07) is 10.8. The number of benzene rings is 1. The third-order valence-electron chi connectivity index (χ3n) is 4.56. The molecule has 120 valence electrons. The summed E-state index contributed by atoms with van der Waals surface area (Å²) in [6.07, 6.45) is 3.46. The summed E-state index contributed by atoms with van der Waals surface area (Å²) >= 11 is 1.53. The minimum atomic E-state index is 0.0122. The minimum Gasteiger partial charge on any atom is -0.361 e. The van der Waals surface area contributed by atoms with Gasteiger partial charge in [-0.1, -0.05) is 16.9 Å². The van der Waals surface area contributed by atoms with Crippen molar-refractivity contribution in [2.24, 2.45) is 0 Å². The van der Waals surface area contributed by atoms with Crippen LogP contribution >= 0.6 is 11.8 Å². The predicted molar refractivity (Wildman–Crippen MR) is 87.6 cm³/mol. The fourth-order valence-electron chi connectivity index (χ4n) is 3.42.